The highest BCUT2D eigenvalue weighted by Crippen LogP contribution is 2.33. The van der Waals surface area contributed by atoms with Crippen molar-refractivity contribution in [1.82, 2.24) is 0 Å². The van der Waals surface area contributed by atoms with E-state index in [0.717, 1.165) is 0 Å². The Morgan fingerprint density at radius 3 is 2.65 bits per heavy atom. The van der Waals surface area contributed by atoms with E-state index in [-0.39, 0.29) is 11.3 Å². The van der Waals surface area contributed by atoms with Gasteiger partial charge in [0.05, 0.1) is 24.6 Å². The number of carboxylic acids is 2. The maximum absolute atomic E-state index is 11.0. The molecule has 2 rings (SSSR count). The van der Waals surface area contributed by atoms with Crippen LogP contribution < -0.4 is 14.9 Å². The Bertz CT molecular complexity index is 853. The molecular formula is C17H15BrN2O6. The standard InChI is InChI=1S/C17H15BrN2O6/c1-25-14-6-11(13(18)7-15(14)26-9-16(21)22)8-19-20-12-4-2-3-10(5-12)17(23)24/h2-8,20H,9H2,1H3,(H,21,22)(H,23,24)/b19-8-. The number of benzene rings is 2. The number of nitrogens with zero attached hydrogens (tertiary/aromatic N) is 1. The van der Waals surface area contributed by atoms with Crippen LogP contribution in [0, 0.1) is 0 Å². The molecule has 26 heavy (non-hydrogen) atoms. The fraction of sp³-hybridized carbons (Fsp3) is 0.118. The summed E-state index contributed by atoms with van der Waals surface area (Å²) in [6.07, 6.45) is 1.50. The van der Waals surface area contributed by atoms with Gasteiger partial charge in [0, 0.05) is 10.0 Å². The molecule has 0 atom stereocenters. The number of ether oxygens (including phenoxy) is 2. The normalized spacial score (nSPS) is 10.5. The molecule has 0 saturated heterocycles. The molecule has 3 N–H and O–H groups in total. The molecule has 9 heteroatoms. The highest BCUT2D eigenvalue weighted by molar-refractivity contribution is 9.10. The SMILES string of the molecule is COc1cc(/C=N\Nc2cccc(C(=O)O)c2)c(Br)cc1OCC(=O)O. The van der Waals surface area contributed by atoms with Gasteiger partial charge in [-0.2, -0.15) is 5.10 Å². The molecule has 0 fully saturated rings. The smallest absolute Gasteiger partial charge is 0.341 e. The van der Waals surface area contributed by atoms with E-state index in [1.807, 2.05) is 0 Å². The number of hydrogen-bond acceptors (Lipinski definition) is 6. The zero-order valence-electron chi connectivity index (χ0n) is 13.6. The molecule has 8 nitrogen and oxygen atoms in total. The highest BCUT2D eigenvalue weighted by Gasteiger charge is 2.11. The first-order valence-electron chi connectivity index (χ1n) is 7.25. The second-order valence-corrected chi connectivity index (χ2v) is 5.82. The molecule has 0 bridgehead atoms. The molecular weight excluding hydrogens is 408 g/mol. The van der Waals surface area contributed by atoms with Gasteiger partial charge in [0.25, 0.3) is 0 Å². The van der Waals surface area contributed by atoms with Crippen molar-refractivity contribution in [2.75, 3.05) is 19.1 Å². The van der Waals surface area contributed by atoms with E-state index in [2.05, 4.69) is 26.5 Å². The summed E-state index contributed by atoms with van der Waals surface area (Å²) in [5.41, 5.74) is 4.05. The van der Waals surface area contributed by atoms with Gasteiger partial charge in [0.15, 0.2) is 18.1 Å². The van der Waals surface area contributed by atoms with Crippen molar-refractivity contribution in [2.24, 2.45) is 5.10 Å². The summed E-state index contributed by atoms with van der Waals surface area (Å²) in [4.78, 5) is 21.6. The zero-order chi connectivity index (χ0) is 19.1. The summed E-state index contributed by atoms with van der Waals surface area (Å²) >= 11 is 3.35. The summed E-state index contributed by atoms with van der Waals surface area (Å²) in [6.45, 7) is -0.488. The third-order valence-electron chi connectivity index (χ3n) is 3.14. The number of anilines is 1. The predicted molar refractivity (Wildman–Crippen MR) is 98.4 cm³/mol. The van der Waals surface area contributed by atoms with Crippen LogP contribution in [0.25, 0.3) is 0 Å². The lowest BCUT2D eigenvalue weighted by Crippen LogP contribution is -2.10. The van der Waals surface area contributed by atoms with Gasteiger partial charge in [-0.15, -0.1) is 0 Å². The molecule has 0 spiro atoms. The Hall–Kier alpha value is -3.07. The summed E-state index contributed by atoms with van der Waals surface area (Å²) < 4.78 is 11.0. The maximum atomic E-state index is 11.0. The van der Waals surface area contributed by atoms with Crippen molar-refractivity contribution < 1.29 is 29.3 Å². The number of aliphatic carboxylic acids is 1. The molecule has 0 saturated carbocycles. The van der Waals surface area contributed by atoms with Crippen LogP contribution in [0.3, 0.4) is 0 Å². The summed E-state index contributed by atoms with van der Waals surface area (Å²) in [7, 11) is 1.44. The van der Waals surface area contributed by atoms with E-state index in [4.69, 9.17) is 19.7 Å². The lowest BCUT2D eigenvalue weighted by atomic mass is 10.2. The summed E-state index contributed by atoms with van der Waals surface area (Å²) in [6, 6.07) is 9.43. The molecule has 2 aromatic carbocycles. The largest absolute Gasteiger partial charge is 0.493 e. The van der Waals surface area contributed by atoms with Crippen molar-refractivity contribution in [2.45, 2.75) is 0 Å². The zero-order valence-corrected chi connectivity index (χ0v) is 15.2. The Morgan fingerprint density at radius 2 is 2.00 bits per heavy atom. The van der Waals surface area contributed by atoms with Gasteiger partial charge in [0.1, 0.15) is 0 Å². The van der Waals surface area contributed by atoms with Gasteiger partial charge >= 0.3 is 11.9 Å². The second kappa shape index (κ2) is 8.86. The monoisotopic (exact) mass is 422 g/mol. The van der Waals surface area contributed by atoms with Crippen LogP contribution in [0.4, 0.5) is 5.69 Å². The number of halogens is 1. The number of carboxylic acid groups (broad SMARTS) is 2. The molecule has 136 valence electrons. The van der Waals surface area contributed by atoms with Crippen molar-refractivity contribution in [3.8, 4) is 11.5 Å². The topological polar surface area (TPSA) is 117 Å². The van der Waals surface area contributed by atoms with Crippen LogP contribution >= 0.6 is 15.9 Å². The Balaban J connectivity index is 2.15. The van der Waals surface area contributed by atoms with Gasteiger partial charge in [0.2, 0.25) is 0 Å². The van der Waals surface area contributed by atoms with Crippen molar-refractivity contribution in [1.29, 1.82) is 0 Å². The quantitative estimate of drug-likeness (QED) is 0.441. The van der Waals surface area contributed by atoms with Gasteiger partial charge in [-0.05, 0) is 46.3 Å². The molecule has 0 heterocycles. The minimum absolute atomic E-state index is 0.146. The molecule has 0 amide bonds. The van der Waals surface area contributed by atoms with E-state index in [9.17, 15) is 9.59 Å². The number of methoxy groups -OCH3 is 1. The van der Waals surface area contributed by atoms with Gasteiger partial charge in [-0.25, -0.2) is 9.59 Å². The summed E-state index contributed by atoms with van der Waals surface area (Å²) in [5, 5.41) is 21.7. The van der Waals surface area contributed by atoms with Crippen LogP contribution in [-0.4, -0.2) is 42.1 Å². The van der Waals surface area contributed by atoms with E-state index in [1.165, 1.54) is 25.5 Å². The second-order valence-electron chi connectivity index (χ2n) is 4.96. The lowest BCUT2D eigenvalue weighted by molar-refractivity contribution is -0.139. The fourth-order valence-electron chi connectivity index (χ4n) is 1.96. The first-order valence-corrected chi connectivity index (χ1v) is 8.04. The number of hydrazone groups is 1. The minimum atomic E-state index is -1.10. The average Bonchev–Trinajstić information content (AvgIpc) is 2.61. The Kier molecular flexibility index (Phi) is 6.56. The van der Waals surface area contributed by atoms with Crippen molar-refractivity contribution in [3.05, 3.63) is 52.0 Å². The van der Waals surface area contributed by atoms with Crippen LogP contribution in [-0.2, 0) is 4.79 Å². The Labute approximate surface area is 157 Å². The number of nitrogens with one attached hydrogen (secondary N) is 1. The van der Waals surface area contributed by atoms with Crippen LogP contribution in [0.2, 0.25) is 0 Å². The predicted octanol–water partition coefficient (Wildman–Crippen LogP) is 3.07. The number of hydrogen-bond donors (Lipinski definition) is 3. The van der Waals surface area contributed by atoms with Crippen LogP contribution in [0.1, 0.15) is 15.9 Å². The van der Waals surface area contributed by atoms with Gasteiger partial charge in [-0.1, -0.05) is 6.07 Å². The molecule has 0 radical (unpaired) electrons. The number of carbonyl (C=O) groups is 2. The first-order chi connectivity index (χ1) is 12.4. The molecule has 0 aliphatic rings. The third-order valence-corrected chi connectivity index (χ3v) is 3.83. The van der Waals surface area contributed by atoms with Gasteiger partial charge in [-0.3, -0.25) is 5.43 Å². The molecule has 0 aromatic heterocycles. The number of rotatable bonds is 8. The first kappa shape index (κ1) is 19.3. The molecule has 2 aromatic rings. The van der Waals surface area contributed by atoms with Crippen molar-refractivity contribution >= 4 is 39.8 Å². The molecule has 0 aliphatic carbocycles. The van der Waals surface area contributed by atoms with E-state index in [0.29, 0.717) is 21.5 Å². The highest BCUT2D eigenvalue weighted by atomic mass is 79.9. The van der Waals surface area contributed by atoms with E-state index in [1.54, 1.807) is 24.3 Å². The summed E-state index contributed by atoms with van der Waals surface area (Å²) in [5.74, 6) is -1.49. The lowest BCUT2D eigenvalue weighted by Gasteiger charge is -2.11. The molecule has 0 unspecified atom stereocenters. The van der Waals surface area contributed by atoms with Crippen LogP contribution in [0.5, 0.6) is 11.5 Å². The third kappa shape index (κ3) is 5.21. The van der Waals surface area contributed by atoms with Crippen LogP contribution in [0.15, 0.2) is 46.0 Å². The van der Waals surface area contributed by atoms with Crippen molar-refractivity contribution in [3.63, 3.8) is 0 Å². The number of aromatic carboxylic acids is 1. The molecule has 0 aliphatic heterocycles. The van der Waals surface area contributed by atoms with E-state index < -0.39 is 18.5 Å². The minimum Gasteiger partial charge on any atom is -0.493 e. The Morgan fingerprint density at radius 1 is 1.23 bits per heavy atom. The maximum Gasteiger partial charge on any atom is 0.341 e. The van der Waals surface area contributed by atoms with E-state index >= 15 is 0 Å². The van der Waals surface area contributed by atoms with Gasteiger partial charge < -0.3 is 19.7 Å². The average molecular weight is 423 g/mol. The fourth-order valence-corrected chi connectivity index (χ4v) is 2.38.